The summed E-state index contributed by atoms with van der Waals surface area (Å²) in [6, 6.07) is 0.0284. The number of methoxy groups -OCH3 is 1. The van der Waals surface area contributed by atoms with Crippen LogP contribution in [0.1, 0.15) is 38.9 Å². The van der Waals surface area contributed by atoms with E-state index in [1.807, 2.05) is 19.4 Å². The Labute approximate surface area is 97.8 Å². The molecule has 0 spiro atoms. The molecule has 0 radical (unpaired) electrons. The van der Waals surface area contributed by atoms with Crippen LogP contribution in [-0.2, 0) is 11.3 Å². The molecule has 92 valence electrons. The Bertz CT molecular complexity index is 318. The van der Waals surface area contributed by atoms with Crippen molar-refractivity contribution in [3.63, 3.8) is 0 Å². The Morgan fingerprint density at radius 3 is 2.81 bits per heavy atom. The van der Waals surface area contributed by atoms with Crippen LogP contribution in [0.2, 0.25) is 0 Å². The molecule has 1 rings (SSSR count). The van der Waals surface area contributed by atoms with Crippen LogP contribution in [0.25, 0.3) is 0 Å². The van der Waals surface area contributed by atoms with Gasteiger partial charge < -0.3 is 15.0 Å². The number of ether oxygens (including phenoxy) is 1. The third kappa shape index (κ3) is 3.61. The number of imidazole rings is 1. The highest BCUT2D eigenvalue weighted by Crippen LogP contribution is 2.24. The van der Waals surface area contributed by atoms with Crippen LogP contribution in [0.4, 0.5) is 0 Å². The van der Waals surface area contributed by atoms with Gasteiger partial charge in [0.1, 0.15) is 0 Å². The molecule has 4 nitrogen and oxygen atoms in total. The van der Waals surface area contributed by atoms with Crippen molar-refractivity contribution in [2.24, 2.45) is 11.1 Å². The van der Waals surface area contributed by atoms with Gasteiger partial charge in [0.15, 0.2) is 0 Å². The first-order valence-electron chi connectivity index (χ1n) is 5.71. The number of aromatic nitrogens is 2. The first-order chi connectivity index (χ1) is 7.46. The summed E-state index contributed by atoms with van der Waals surface area (Å²) in [5.74, 6) is 0. The van der Waals surface area contributed by atoms with E-state index in [4.69, 9.17) is 10.5 Å². The summed E-state index contributed by atoms with van der Waals surface area (Å²) < 4.78 is 7.26. The van der Waals surface area contributed by atoms with Gasteiger partial charge >= 0.3 is 0 Å². The Kier molecular flexibility index (Phi) is 4.50. The summed E-state index contributed by atoms with van der Waals surface area (Å²) in [5.41, 5.74) is 7.18. The quantitative estimate of drug-likeness (QED) is 0.805. The van der Waals surface area contributed by atoms with Crippen LogP contribution >= 0.6 is 0 Å². The van der Waals surface area contributed by atoms with Crippen molar-refractivity contribution in [1.82, 2.24) is 9.55 Å². The Morgan fingerprint density at radius 1 is 1.56 bits per heavy atom. The molecule has 0 aliphatic carbocycles. The van der Waals surface area contributed by atoms with Crippen molar-refractivity contribution in [2.45, 2.75) is 39.8 Å². The fraction of sp³-hybridized carbons (Fsp3) is 0.750. The molecule has 1 aromatic rings. The lowest BCUT2D eigenvalue weighted by Crippen LogP contribution is -2.23. The summed E-state index contributed by atoms with van der Waals surface area (Å²) in [7, 11) is 1.74. The van der Waals surface area contributed by atoms with Crippen molar-refractivity contribution < 1.29 is 4.74 Å². The molecule has 0 fully saturated rings. The van der Waals surface area contributed by atoms with Gasteiger partial charge in [0, 0.05) is 32.5 Å². The van der Waals surface area contributed by atoms with Crippen molar-refractivity contribution >= 4 is 0 Å². The average molecular weight is 225 g/mol. The largest absolute Gasteiger partial charge is 0.385 e. The van der Waals surface area contributed by atoms with Crippen LogP contribution in [0.5, 0.6) is 0 Å². The molecule has 0 bridgehead atoms. The minimum absolute atomic E-state index is 0.0284. The van der Waals surface area contributed by atoms with E-state index in [-0.39, 0.29) is 11.5 Å². The Balaban J connectivity index is 2.68. The molecule has 0 aliphatic heterocycles. The highest BCUT2D eigenvalue weighted by Gasteiger charge is 2.20. The van der Waals surface area contributed by atoms with Crippen LogP contribution in [0.3, 0.4) is 0 Å². The van der Waals surface area contributed by atoms with E-state index in [1.54, 1.807) is 7.11 Å². The van der Waals surface area contributed by atoms with E-state index in [0.717, 1.165) is 25.3 Å². The lowest BCUT2D eigenvalue weighted by molar-refractivity contribution is 0.142. The second-order valence-corrected chi connectivity index (χ2v) is 5.14. The van der Waals surface area contributed by atoms with Gasteiger partial charge in [-0.1, -0.05) is 13.8 Å². The first-order valence-corrected chi connectivity index (χ1v) is 5.71. The minimum atomic E-state index is 0.0284. The van der Waals surface area contributed by atoms with Crippen molar-refractivity contribution in [2.75, 3.05) is 13.7 Å². The van der Waals surface area contributed by atoms with E-state index in [9.17, 15) is 0 Å². The second kappa shape index (κ2) is 5.46. The van der Waals surface area contributed by atoms with Crippen LogP contribution in [-0.4, -0.2) is 23.3 Å². The summed E-state index contributed by atoms with van der Waals surface area (Å²) in [6.45, 7) is 8.16. The molecule has 0 amide bonds. The van der Waals surface area contributed by atoms with E-state index in [1.165, 1.54) is 0 Å². The molecular weight excluding hydrogens is 202 g/mol. The predicted octanol–water partition coefficient (Wildman–Crippen LogP) is 1.97. The Morgan fingerprint density at radius 2 is 2.25 bits per heavy atom. The maximum atomic E-state index is 5.89. The Hall–Kier alpha value is -0.870. The normalized spacial score (nSPS) is 14.1. The zero-order valence-corrected chi connectivity index (χ0v) is 10.7. The van der Waals surface area contributed by atoms with Crippen molar-refractivity contribution in [3.8, 4) is 0 Å². The molecule has 0 saturated carbocycles. The van der Waals surface area contributed by atoms with E-state index in [2.05, 4.69) is 23.4 Å². The zero-order valence-electron chi connectivity index (χ0n) is 10.7. The summed E-state index contributed by atoms with van der Waals surface area (Å²) >= 11 is 0. The molecular formula is C12H23N3O. The van der Waals surface area contributed by atoms with Gasteiger partial charge in [0.2, 0.25) is 0 Å². The second-order valence-electron chi connectivity index (χ2n) is 5.14. The number of nitrogens with zero attached hydrogens (tertiary/aromatic N) is 2. The molecule has 0 aliphatic rings. The SMILES string of the molecule is COCCC(C)(C)Cn1cncc1[C@@H](C)N. The third-order valence-corrected chi connectivity index (χ3v) is 2.79. The molecule has 1 heterocycles. The van der Waals surface area contributed by atoms with Crippen LogP contribution in [0, 0.1) is 5.41 Å². The molecule has 1 atom stereocenters. The van der Waals surface area contributed by atoms with E-state index in [0.29, 0.717) is 0 Å². The topological polar surface area (TPSA) is 53.1 Å². The summed E-state index contributed by atoms with van der Waals surface area (Å²) in [5, 5.41) is 0. The number of rotatable bonds is 6. The lowest BCUT2D eigenvalue weighted by atomic mass is 9.89. The fourth-order valence-electron chi connectivity index (χ4n) is 1.76. The zero-order chi connectivity index (χ0) is 12.2. The van der Waals surface area contributed by atoms with E-state index < -0.39 is 0 Å². The first kappa shape index (κ1) is 13.2. The number of hydrogen-bond donors (Lipinski definition) is 1. The highest BCUT2D eigenvalue weighted by atomic mass is 16.5. The number of hydrogen-bond acceptors (Lipinski definition) is 3. The van der Waals surface area contributed by atoms with Crippen molar-refractivity contribution in [1.29, 1.82) is 0 Å². The van der Waals surface area contributed by atoms with Gasteiger partial charge in [-0.25, -0.2) is 4.98 Å². The standard InChI is InChI=1S/C12H23N3O/c1-10(13)11-7-14-9-15(11)8-12(2,3)5-6-16-4/h7,9-10H,5-6,8,13H2,1-4H3/t10-/m1/s1. The summed E-state index contributed by atoms with van der Waals surface area (Å²) in [4.78, 5) is 4.16. The molecule has 16 heavy (non-hydrogen) atoms. The lowest BCUT2D eigenvalue weighted by Gasteiger charge is -2.26. The fourth-order valence-corrected chi connectivity index (χ4v) is 1.76. The maximum Gasteiger partial charge on any atom is 0.0948 e. The van der Waals surface area contributed by atoms with Crippen LogP contribution in [0.15, 0.2) is 12.5 Å². The van der Waals surface area contributed by atoms with Crippen LogP contribution < -0.4 is 5.73 Å². The summed E-state index contributed by atoms with van der Waals surface area (Å²) in [6.07, 6.45) is 4.73. The average Bonchev–Trinajstić information content (AvgIpc) is 2.62. The van der Waals surface area contributed by atoms with Gasteiger partial charge in [-0.15, -0.1) is 0 Å². The predicted molar refractivity (Wildman–Crippen MR) is 65.1 cm³/mol. The van der Waals surface area contributed by atoms with Gasteiger partial charge in [-0.05, 0) is 18.8 Å². The molecule has 0 aromatic carbocycles. The van der Waals surface area contributed by atoms with Gasteiger partial charge in [-0.2, -0.15) is 0 Å². The molecule has 0 unspecified atom stereocenters. The molecule has 1 aromatic heterocycles. The minimum Gasteiger partial charge on any atom is -0.385 e. The van der Waals surface area contributed by atoms with E-state index >= 15 is 0 Å². The molecule has 2 N–H and O–H groups in total. The van der Waals surface area contributed by atoms with Gasteiger partial charge in [-0.3, -0.25) is 0 Å². The molecule has 0 saturated heterocycles. The van der Waals surface area contributed by atoms with Crippen molar-refractivity contribution in [3.05, 3.63) is 18.2 Å². The highest BCUT2D eigenvalue weighted by molar-refractivity contribution is 5.03. The van der Waals surface area contributed by atoms with Gasteiger partial charge in [0.25, 0.3) is 0 Å². The maximum absolute atomic E-state index is 5.89. The molecule has 4 heteroatoms. The smallest absolute Gasteiger partial charge is 0.0948 e. The van der Waals surface area contributed by atoms with Gasteiger partial charge in [0.05, 0.1) is 12.0 Å². The monoisotopic (exact) mass is 225 g/mol. The third-order valence-electron chi connectivity index (χ3n) is 2.79. The number of nitrogens with two attached hydrogens (primary N) is 1.